The summed E-state index contributed by atoms with van der Waals surface area (Å²) in [6.07, 6.45) is 0. The Bertz CT molecular complexity index is 466. The molecule has 0 bridgehead atoms. The fourth-order valence-corrected chi connectivity index (χ4v) is 1.05. The molecule has 0 saturated carbocycles. The second-order valence-corrected chi connectivity index (χ2v) is 2.87. The fraction of sp³-hybridized carbons (Fsp3) is 0.125. The molecule has 7 nitrogen and oxygen atoms in total. The van der Waals surface area contributed by atoms with Gasteiger partial charge in [0.1, 0.15) is 5.69 Å². The number of hydrogen-bond acceptors (Lipinski definition) is 5. The average molecular weight is 204 g/mol. The summed E-state index contributed by atoms with van der Waals surface area (Å²) in [5, 5.41) is 15.1. The zero-order valence-corrected chi connectivity index (χ0v) is 7.93. The normalized spacial score (nSPS) is 9.93. The molecule has 0 aliphatic carbocycles. The second kappa shape index (κ2) is 3.82. The maximum absolute atomic E-state index is 11.6. The van der Waals surface area contributed by atoms with Crippen molar-refractivity contribution >= 4 is 11.9 Å². The number of carbonyl (C=O) groups excluding carboxylic acids is 1. The number of anilines is 1. The van der Waals surface area contributed by atoms with Gasteiger partial charge < -0.3 is 0 Å². The molecular weight excluding hydrogens is 196 g/mol. The minimum absolute atomic E-state index is 0.198. The highest BCUT2D eigenvalue weighted by Gasteiger charge is 2.08. The number of nitrogens with zero attached hydrogens (tertiary/aromatic N) is 4. The predicted molar refractivity (Wildman–Crippen MR) is 51.1 cm³/mol. The number of H-pyrrole nitrogens is 1. The van der Waals surface area contributed by atoms with E-state index in [2.05, 4.69) is 30.9 Å². The van der Waals surface area contributed by atoms with E-state index in [1.165, 1.54) is 0 Å². The highest BCUT2D eigenvalue weighted by Crippen LogP contribution is 2.01. The Labute approximate surface area is 84.9 Å². The summed E-state index contributed by atoms with van der Waals surface area (Å²) in [5.41, 5.74) is 1.10. The minimum Gasteiger partial charge on any atom is -0.288 e. The molecule has 2 aromatic heterocycles. The van der Waals surface area contributed by atoms with Crippen LogP contribution in [0.15, 0.2) is 18.2 Å². The van der Waals surface area contributed by atoms with Crippen molar-refractivity contribution in [2.45, 2.75) is 6.92 Å². The van der Waals surface area contributed by atoms with E-state index in [0.717, 1.165) is 5.69 Å². The SMILES string of the molecule is Cc1cccc(C(=O)Nc2nnn[nH]2)n1. The van der Waals surface area contributed by atoms with Crippen LogP contribution >= 0.6 is 0 Å². The molecule has 2 N–H and O–H groups in total. The number of pyridine rings is 1. The number of aromatic nitrogens is 5. The third-order valence-corrected chi connectivity index (χ3v) is 1.70. The van der Waals surface area contributed by atoms with Gasteiger partial charge in [-0.15, -0.1) is 0 Å². The van der Waals surface area contributed by atoms with Gasteiger partial charge in [0.25, 0.3) is 5.91 Å². The van der Waals surface area contributed by atoms with Gasteiger partial charge in [0.05, 0.1) is 0 Å². The van der Waals surface area contributed by atoms with Crippen LogP contribution in [0.5, 0.6) is 0 Å². The minimum atomic E-state index is -0.350. The number of tetrazole rings is 1. The van der Waals surface area contributed by atoms with Crippen LogP contribution in [0.1, 0.15) is 16.2 Å². The highest BCUT2D eigenvalue weighted by atomic mass is 16.2. The number of amides is 1. The van der Waals surface area contributed by atoms with E-state index in [4.69, 9.17) is 0 Å². The Hall–Kier alpha value is -2.31. The number of rotatable bonds is 2. The molecule has 15 heavy (non-hydrogen) atoms. The van der Waals surface area contributed by atoms with Gasteiger partial charge in [-0.1, -0.05) is 11.2 Å². The Morgan fingerprint density at radius 3 is 3.00 bits per heavy atom. The van der Waals surface area contributed by atoms with Crippen molar-refractivity contribution in [2.75, 3.05) is 5.32 Å². The van der Waals surface area contributed by atoms with Crippen molar-refractivity contribution in [3.8, 4) is 0 Å². The number of hydrogen-bond donors (Lipinski definition) is 2. The van der Waals surface area contributed by atoms with Crippen molar-refractivity contribution in [3.63, 3.8) is 0 Å². The molecule has 0 aromatic carbocycles. The van der Waals surface area contributed by atoms with E-state index >= 15 is 0 Å². The molecule has 76 valence electrons. The molecule has 2 rings (SSSR count). The average Bonchev–Trinajstić information content (AvgIpc) is 2.70. The van der Waals surface area contributed by atoms with Crippen LogP contribution in [0, 0.1) is 6.92 Å². The monoisotopic (exact) mass is 204 g/mol. The van der Waals surface area contributed by atoms with E-state index in [0.29, 0.717) is 5.69 Å². The summed E-state index contributed by atoms with van der Waals surface area (Å²) in [6.45, 7) is 1.81. The summed E-state index contributed by atoms with van der Waals surface area (Å²) in [7, 11) is 0. The highest BCUT2D eigenvalue weighted by molar-refractivity contribution is 6.01. The molecule has 0 saturated heterocycles. The van der Waals surface area contributed by atoms with Crippen LogP contribution in [0.4, 0.5) is 5.95 Å². The first-order chi connectivity index (χ1) is 7.25. The largest absolute Gasteiger partial charge is 0.288 e. The molecule has 2 heterocycles. The van der Waals surface area contributed by atoms with Crippen LogP contribution in [0.3, 0.4) is 0 Å². The lowest BCUT2D eigenvalue weighted by Gasteiger charge is -2.00. The van der Waals surface area contributed by atoms with Gasteiger partial charge >= 0.3 is 0 Å². The first-order valence-electron chi connectivity index (χ1n) is 4.24. The van der Waals surface area contributed by atoms with Gasteiger partial charge in [0.2, 0.25) is 5.95 Å². The Balaban J connectivity index is 2.15. The van der Waals surface area contributed by atoms with Crippen LogP contribution in [-0.2, 0) is 0 Å². The second-order valence-electron chi connectivity index (χ2n) is 2.87. The number of aryl methyl sites for hydroxylation is 1. The predicted octanol–water partition coefficient (Wildman–Crippen LogP) is 0.155. The Morgan fingerprint density at radius 2 is 2.33 bits per heavy atom. The topological polar surface area (TPSA) is 96.5 Å². The van der Waals surface area contributed by atoms with Crippen LogP contribution in [0.25, 0.3) is 0 Å². The molecular formula is C8H8N6O. The van der Waals surface area contributed by atoms with Gasteiger partial charge in [-0.3, -0.25) is 10.1 Å². The van der Waals surface area contributed by atoms with Gasteiger partial charge in [-0.2, -0.15) is 0 Å². The molecule has 2 aromatic rings. The lowest BCUT2D eigenvalue weighted by Crippen LogP contribution is -2.14. The quantitative estimate of drug-likeness (QED) is 0.726. The van der Waals surface area contributed by atoms with Crippen molar-refractivity contribution in [1.82, 2.24) is 25.6 Å². The molecule has 0 spiro atoms. The van der Waals surface area contributed by atoms with E-state index in [9.17, 15) is 4.79 Å². The van der Waals surface area contributed by atoms with E-state index in [1.807, 2.05) is 13.0 Å². The molecule has 0 atom stereocenters. The van der Waals surface area contributed by atoms with Gasteiger partial charge in [0.15, 0.2) is 0 Å². The van der Waals surface area contributed by atoms with E-state index < -0.39 is 0 Å². The molecule has 7 heteroatoms. The Morgan fingerprint density at radius 1 is 1.47 bits per heavy atom. The first-order valence-corrected chi connectivity index (χ1v) is 4.24. The molecule has 0 aliphatic heterocycles. The summed E-state index contributed by atoms with van der Waals surface area (Å²) >= 11 is 0. The third-order valence-electron chi connectivity index (χ3n) is 1.70. The lowest BCUT2D eigenvalue weighted by atomic mass is 10.3. The van der Waals surface area contributed by atoms with Gasteiger partial charge in [-0.05, 0) is 29.5 Å². The lowest BCUT2D eigenvalue weighted by molar-refractivity contribution is 0.102. The maximum atomic E-state index is 11.6. The molecule has 0 fully saturated rings. The maximum Gasteiger partial charge on any atom is 0.276 e. The zero-order chi connectivity index (χ0) is 10.7. The molecule has 0 aliphatic rings. The van der Waals surface area contributed by atoms with Gasteiger partial charge in [0, 0.05) is 5.69 Å². The first kappa shape index (κ1) is 9.25. The molecule has 0 unspecified atom stereocenters. The van der Waals surface area contributed by atoms with Crippen molar-refractivity contribution in [2.24, 2.45) is 0 Å². The van der Waals surface area contributed by atoms with E-state index in [1.54, 1.807) is 12.1 Å². The molecule has 0 radical (unpaired) electrons. The third kappa shape index (κ3) is 2.13. The van der Waals surface area contributed by atoms with Crippen LogP contribution in [-0.4, -0.2) is 31.5 Å². The zero-order valence-electron chi connectivity index (χ0n) is 7.93. The van der Waals surface area contributed by atoms with Crippen molar-refractivity contribution < 1.29 is 4.79 Å². The number of carbonyl (C=O) groups is 1. The van der Waals surface area contributed by atoms with E-state index in [-0.39, 0.29) is 11.9 Å². The van der Waals surface area contributed by atoms with Crippen molar-refractivity contribution in [1.29, 1.82) is 0 Å². The Kier molecular flexibility index (Phi) is 2.36. The summed E-state index contributed by atoms with van der Waals surface area (Å²) < 4.78 is 0. The summed E-state index contributed by atoms with van der Waals surface area (Å²) in [5.74, 6) is -0.152. The van der Waals surface area contributed by atoms with Crippen molar-refractivity contribution in [3.05, 3.63) is 29.6 Å². The van der Waals surface area contributed by atoms with Crippen LogP contribution < -0.4 is 5.32 Å². The number of nitrogens with one attached hydrogen (secondary N) is 2. The summed E-state index contributed by atoms with van der Waals surface area (Å²) in [6, 6.07) is 5.19. The summed E-state index contributed by atoms with van der Waals surface area (Å²) in [4.78, 5) is 15.6. The van der Waals surface area contributed by atoms with Gasteiger partial charge in [-0.25, -0.2) is 10.1 Å². The number of aromatic amines is 1. The van der Waals surface area contributed by atoms with Crippen LogP contribution in [0.2, 0.25) is 0 Å². The smallest absolute Gasteiger partial charge is 0.276 e. The molecule has 1 amide bonds. The standard InChI is InChI=1S/C8H8N6O/c1-5-3-2-4-6(9-5)7(15)10-8-11-13-14-12-8/h2-4H,1H3,(H2,10,11,12,13,14,15). The fourth-order valence-electron chi connectivity index (χ4n) is 1.05.